The standard InChI is InChI=1S/CHN.Cu.K.H/c1-2;;;/h1H;;;. The van der Waals surface area contributed by atoms with Crippen molar-refractivity contribution in [3.05, 3.63) is 0 Å². The Morgan fingerprint density at radius 1 is 1.25 bits per heavy atom. The van der Waals surface area contributed by atoms with E-state index in [1.54, 1.807) is 0 Å². The van der Waals surface area contributed by atoms with Crippen LogP contribution < -0.4 is 0 Å². The van der Waals surface area contributed by atoms with Crippen LogP contribution in [0.15, 0.2) is 0 Å². The molecule has 0 atom stereocenters. The van der Waals surface area contributed by atoms with Crippen molar-refractivity contribution in [3.63, 3.8) is 0 Å². The molecule has 0 spiro atoms. The Morgan fingerprint density at radius 2 is 1.25 bits per heavy atom. The molecule has 1 nitrogen and oxygen atoms in total. The van der Waals surface area contributed by atoms with E-state index in [4.69, 9.17) is 5.26 Å². The van der Waals surface area contributed by atoms with E-state index in [1.165, 1.54) is 0 Å². The van der Waals surface area contributed by atoms with Gasteiger partial charge in [-0.1, -0.05) is 0 Å². The molecule has 0 saturated heterocycles. The topological polar surface area (TPSA) is 23.8 Å². The zero-order chi connectivity index (χ0) is 2.00. The zero-order valence-corrected chi connectivity index (χ0v) is 2.27. The van der Waals surface area contributed by atoms with Crippen LogP contribution in [0, 0.1) is 11.8 Å². The van der Waals surface area contributed by atoms with Crippen LogP contribution in [0.4, 0.5) is 0 Å². The molecule has 0 aliphatic heterocycles. The molecule has 0 rings (SSSR count). The van der Waals surface area contributed by atoms with Crippen LogP contribution in [0.5, 0.6) is 0 Å². The SMILES string of the molecule is C#N.[Cu].[KH]. The van der Waals surface area contributed by atoms with Gasteiger partial charge in [0.25, 0.3) is 0 Å². The molecule has 0 amide bonds. The molecule has 23 valence electrons. The molecule has 0 aromatic carbocycles. The fourth-order valence-electron chi connectivity index (χ4n) is 0. The average molecular weight is 131 g/mol. The van der Waals surface area contributed by atoms with Crippen molar-refractivity contribution in [1.82, 2.24) is 0 Å². The molecule has 0 bridgehead atoms. The van der Waals surface area contributed by atoms with Gasteiger partial charge in [0.15, 0.2) is 0 Å². The van der Waals surface area contributed by atoms with Gasteiger partial charge in [0.2, 0.25) is 0 Å². The number of hydrogen-bond acceptors (Lipinski definition) is 1. The molecule has 0 aromatic heterocycles. The minimum atomic E-state index is 0. The molecule has 4 heavy (non-hydrogen) atoms. The molecule has 0 heterocycles. The summed E-state index contributed by atoms with van der Waals surface area (Å²) in [6.45, 7) is 3.50. The van der Waals surface area contributed by atoms with Crippen molar-refractivity contribution < 1.29 is 17.1 Å². The summed E-state index contributed by atoms with van der Waals surface area (Å²) in [6.07, 6.45) is 0. The van der Waals surface area contributed by atoms with Crippen LogP contribution >= 0.6 is 0 Å². The Balaban J connectivity index is -0.00000000500. The van der Waals surface area contributed by atoms with Gasteiger partial charge in [-0.25, -0.2) is 5.26 Å². The first-order chi connectivity index (χ1) is 1.00. The third kappa shape index (κ3) is 9.42. The third-order valence-corrected chi connectivity index (χ3v) is 0. The predicted molar refractivity (Wildman–Crippen MR) is 13.8 cm³/mol. The van der Waals surface area contributed by atoms with Gasteiger partial charge in [0.1, 0.15) is 0 Å². The summed E-state index contributed by atoms with van der Waals surface area (Å²) in [5.41, 5.74) is 0. The second-order valence-corrected chi connectivity index (χ2v) is 0. The Morgan fingerprint density at radius 3 is 1.25 bits per heavy atom. The molecule has 0 N–H and O–H groups in total. The molecule has 0 unspecified atom stereocenters. The third-order valence-electron chi connectivity index (χ3n) is 0. The summed E-state index contributed by atoms with van der Waals surface area (Å²) >= 11 is 0. The Bertz CT molecular complexity index is 12.8. The van der Waals surface area contributed by atoms with Crippen LogP contribution in [-0.4, -0.2) is 51.4 Å². The molecule has 0 aromatic rings. The molecular formula is CH2CuKN. The van der Waals surface area contributed by atoms with Crippen LogP contribution in [0.1, 0.15) is 0 Å². The molecule has 1 radical (unpaired) electrons. The maximum atomic E-state index is 6.50. The molecule has 3 heteroatoms. The van der Waals surface area contributed by atoms with Crippen molar-refractivity contribution in [2.45, 2.75) is 0 Å². The summed E-state index contributed by atoms with van der Waals surface area (Å²) in [4.78, 5) is 0. The Labute approximate surface area is 78.7 Å². The second-order valence-electron chi connectivity index (χ2n) is 0. The summed E-state index contributed by atoms with van der Waals surface area (Å²) in [6, 6.07) is 0. The monoisotopic (exact) mass is 130 g/mol. The number of nitrogens with zero attached hydrogens (tertiary/aromatic N) is 1. The van der Waals surface area contributed by atoms with Crippen molar-refractivity contribution in [2.24, 2.45) is 0 Å². The van der Waals surface area contributed by atoms with Crippen LogP contribution in [0.3, 0.4) is 0 Å². The minimum absolute atomic E-state index is 0. The molecule has 0 aliphatic carbocycles. The zero-order valence-electron chi connectivity index (χ0n) is 1.33. The van der Waals surface area contributed by atoms with Gasteiger partial charge in [0, 0.05) is 23.6 Å². The van der Waals surface area contributed by atoms with Crippen molar-refractivity contribution in [3.8, 4) is 6.57 Å². The van der Waals surface area contributed by atoms with Crippen molar-refractivity contribution >= 4 is 51.4 Å². The maximum absolute atomic E-state index is 6.50. The van der Waals surface area contributed by atoms with Gasteiger partial charge in [-0.15, -0.1) is 0 Å². The van der Waals surface area contributed by atoms with E-state index in [2.05, 4.69) is 6.57 Å². The van der Waals surface area contributed by atoms with Gasteiger partial charge >= 0.3 is 51.4 Å². The average Bonchev–Trinajstić information content (AvgIpc) is 1.00. The first kappa shape index (κ1) is 17.4. The van der Waals surface area contributed by atoms with E-state index in [9.17, 15) is 0 Å². The van der Waals surface area contributed by atoms with Crippen LogP contribution in [0.2, 0.25) is 0 Å². The fourth-order valence-corrected chi connectivity index (χ4v) is 0. The van der Waals surface area contributed by atoms with E-state index < -0.39 is 0 Å². The summed E-state index contributed by atoms with van der Waals surface area (Å²) in [7, 11) is 0. The molecule has 0 saturated carbocycles. The number of rotatable bonds is 0. The van der Waals surface area contributed by atoms with E-state index in [0.717, 1.165) is 0 Å². The normalized spacial score (nSPS) is 0.500. The molecular weight excluding hydrogens is 129 g/mol. The number of hydrogen-bond donors (Lipinski definition) is 0. The van der Waals surface area contributed by atoms with Gasteiger partial charge in [-0.3, -0.25) is 0 Å². The quantitative estimate of drug-likeness (QED) is 0.406. The van der Waals surface area contributed by atoms with Gasteiger partial charge < -0.3 is 0 Å². The second kappa shape index (κ2) is 22.8. The van der Waals surface area contributed by atoms with Crippen LogP contribution in [-0.2, 0) is 17.1 Å². The fraction of sp³-hybridized carbons (Fsp3) is 0. The van der Waals surface area contributed by atoms with Crippen molar-refractivity contribution in [2.75, 3.05) is 0 Å². The van der Waals surface area contributed by atoms with Gasteiger partial charge in [0.05, 0.1) is 0 Å². The first-order valence-corrected chi connectivity index (χ1v) is 0.258. The first-order valence-electron chi connectivity index (χ1n) is 0.258. The van der Waals surface area contributed by atoms with E-state index in [-0.39, 0.29) is 68.5 Å². The van der Waals surface area contributed by atoms with E-state index >= 15 is 0 Å². The van der Waals surface area contributed by atoms with E-state index in [0.29, 0.717) is 0 Å². The molecule has 0 aliphatic rings. The predicted octanol–water partition coefficient (Wildman–Crippen LogP) is -0.511. The summed E-state index contributed by atoms with van der Waals surface area (Å²) < 4.78 is 0. The Hall–Kier alpha value is 1.65. The van der Waals surface area contributed by atoms with E-state index in [1.807, 2.05) is 0 Å². The Kier molecular flexibility index (Phi) is 99.2. The summed E-state index contributed by atoms with van der Waals surface area (Å²) in [5, 5.41) is 6.50. The van der Waals surface area contributed by atoms with Gasteiger partial charge in [-0.2, -0.15) is 0 Å². The molecule has 0 fully saturated rings. The summed E-state index contributed by atoms with van der Waals surface area (Å²) in [5.74, 6) is 0. The van der Waals surface area contributed by atoms with Gasteiger partial charge in [-0.05, 0) is 0 Å². The number of nitriles is 1. The van der Waals surface area contributed by atoms with Crippen LogP contribution in [0.25, 0.3) is 0 Å². The van der Waals surface area contributed by atoms with Crippen molar-refractivity contribution in [1.29, 1.82) is 5.26 Å².